The molecule has 0 spiro atoms. The molecule has 2 nitrogen and oxygen atoms in total. The monoisotopic (exact) mass is 1110 g/mol. The van der Waals surface area contributed by atoms with E-state index in [1.165, 1.54) is 4.81 Å². The number of hydrogen-bond donors (Lipinski definition) is 0. The zero-order chi connectivity index (χ0) is 56.0. The van der Waals surface area contributed by atoms with Gasteiger partial charge in [0.15, 0.2) is 0 Å². The van der Waals surface area contributed by atoms with Crippen molar-refractivity contribution in [3.8, 4) is 0 Å². The third-order valence-electron chi connectivity index (χ3n) is 11.4. The Bertz CT molecular complexity index is 2120. The van der Waals surface area contributed by atoms with E-state index in [1.54, 1.807) is 0 Å². The average Bonchev–Trinajstić information content (AvgIpc) is 3.82. The number of fused-ring (bicyclic) bond motifs is 1. The number of rotatable bonds is 16. The summed E-state index contributed by atoms with van der Waals surface area (Å²) in [4.78, 5) is 1.23. The molecule has 1 atom stereocenters. The highest BCUT2D eigenvalue weighted by Crippen LogP contribution is 2.67. The highest BCUT2D eigenvalue weighted by molar-refractivity contribution is 6.48. The van der Waals surface area contributed by atoms with Crippen LogP contribution < -0.4 is 0 Å². The van der Waals surface area contributed by atoms with Gasteiger partial charge >= 0.3 is 102 Å². The van der Waals surface area contributed by atoms with Crippen molar-refractivity contribution in [2.24, 2.45) is 0 Å². The molecule has 0 N–H and O–H groups in total. The molecule has 0 amide bonds. The van der Waals surface area contributed by atoms with Crippen LogP contribution >= 0.6 is 0 Å². The quantitative estimate of drug-likeness (QED) is 0.123. The van der Waals surface area contributed by atoms with Crippen LogP contribution in [0.25, 0.3) is 0 Å². The Morgan fingerprint density at radius 1 is 0.380 bits per heavy atom. The van der Waals surface area contributed by atoms with Crippen LogP contribution in [0, 0.1) is 0 Å². The summed E-state index contributed by atoms with van der Waals surface area (Å²) in [6.45, 7) is 0.979. The van der Waals surface area contributed by atoms with Gasteiger partial charge in [-0.3, -0.25) is 0 Å². The lowest BCUT2D eigenvalue weighted by molar-refractivity contribution is -0.462. The van der Waals surface area contributed by atoms with Gasteiger partial charge in [-0.1, -0.05) is 48.5 Å². The minimum Gasteiger partial charge on any atom is -0.406 e. The van der Waals surface area contributed by atoms with E-state index in [2.05, 4.69) is 0 Å². The van der Waals surface area contributed by atoms with Crippen molar-refractivity contribution in [1.82, 2.24) is 4.81 Å². The minimum atomic E-state index is -8.98. The Morgan fingerprint density at radius 3 is 0.873 bits per heavy atom. The van der Waals surface area contributed by atoms with Gasteiger partial charge in [0.1, 0.15) is 5.60 Å². The lowest BCUT2D eigenvalue weighted by Gasteiger charge is -2.43. The summed E-state index contributed by atoms with van der Waals surface area (Å²) in [5.41, 5.74) is -9.99. The maximum atomic E-state index is 15.2. The van der Waals surface area contributed by atoms with Crippen molar-refractivity contribution in [1.29, 1.82) is 0 Å². The third kappa shape index (κ3) is 7.42. The molecule has 0 bridgehead atoms. The van der Waals surface area contributed by atoms with Crippen LogP contribution in [-0.4, -0.2) is 108 Å². The normalized spacial score (nSPS) is 19.7. The van der Waals surface area contributed by atoms with E-state index in [4.69, 9.17) is 4.65 Å². The second-order valence-electron chi connectivity index (χ2n) is 15.5. The van der Waals surface area contributed by atoms with Crippen LogP contribution in [0.1, 0.15) is 35.1 Å². The molecule has 37 heteroatoms. The van der Waals surface area contributed by atoms with Crippen LogP contribution in [0.3, 0.4) is 0 Å². The lowest BCUT2D eigenvalue weighted by Crippen LogP contribution is -2.74. The molecule has 2 heterocycles. The fourth-order valence-corrected chi connectivity index (χ4v) is 7.31. The smallest absolute Gasteiger partial charge is 0.406 e. The van der Waals surface area contributed by atoms with E-state index in [0.29, 0.717) is 0 Å². The largest absolute Gasteiger partial charge is 0.460 e. The molecular weight excluding hydrogens is 1100 g/mol. The standard InChI is InChI=1S/C34H18BF34NO/c1-35-70-12-2-3-17(70)18(71-35,13-4-8-15(9-5-13)19(36,37)21(40,41)23(44,45)25(48,49)27(52,53)29(56,57)31(60,61)33(64,65)66)14-6-10-16(11-7-14)20(38,39)22(42,43)24(46,47)26(50,51)28(54,55)30(58,59)32(62,63)34(67,68)69/h4-11,17H,2-3,12H2,1H3/t17-/m0/s1. The number of nitrogens with zero attached hydrogens (tertiary/aromatic N) is 1. The fraction of sp³-hybridized carbons (Fsp3) is 0.647. The van der Waals surface area contributed by atoms with E-state index < -0.39 is 160 Å². The third-order valence-corrected chi connectivity index (χ3v) is 11.4. The van der Waals surface area contributed by atoms with Crippen LogP contribution in [0.2, 0.25) is 6.82 Å². The Hall–Kier alpha value is -3.96. The topological polar surface area (TPSA) is 12.5 Å². The van der Waals surface area contributed by atoms with Gasteiger partial charge < -0.3 is 9.47 Å². The average molecular weight is 1110 g/mol. The second kappa shape index (κ2) is 16.3. The van der Waals surface area contributed by atoms with E-state index in [1.807, 2.05) is 0 Å². The van der Waals surface area contributed by atoms with Gasteiger partial charge in [0.2, 0.25) is 0 Å². The molecular formula is C34H18BF34NO. The number of halogens is 34. The van der Waals surface area contributed by atoms with Gasteiger partial charge in [0, 0.05) is 17.2 Å². The SMILES string of the molecule is CB1OC(c2ccc(C(F)(F)C(F)(F)C(F)(F)C(F)(F)C(F)(F)C(F)(F)C(F)(F)C(F)(F)F)cc2)(c2ccc(C(F)(F)C(F)(F)C(F)(F)C(F)(F)C(F)(F)C(F)(F)C(F)(F)C(F)(F)F)cc2)[C@@H]2CCCN12. The molecule has 2 fully saturated rings. The summed E-state index contributed by atoms with van der Waals surface area (Å²) in [6.07, 6.45) is -16.3. The van der Waals surface area contributed by atoms with Crippen LogP contribution in [0.15, 0.2) is 48.5 Å². The van der Waals surface area contributed by atoms with E-state index in [-0.39, 0.29) is 43.7 Å². The summed E-state index contributed by atoms with van der Waals surface area (Å²) in [5, 5.41) is 0. The summed E-state index contributed by atoms with van der Waals surface area (Å²) < 4.78 is 478. The second-order valence-corrected chi connectivity index (χ2v) is 15.5. The zero-order valence-corrected chi connectivity index (χ0v) is 33.1. The van der Waals surface area contributed by atoms with Gasteiger partial charge in [0.25, 0.3) is 0 Å². The van der Waals surface area contributed by atoms with Gasteiger partial charge in [-0.15, -0.1) is 0 Å². The molecule has 406 valence electrons. The minimum absolute atomic E-state index is 0.00829. The lowest BCUT2D eigenvalue weighted by atomic mass is 9.78. The molecule has 0 aromatic heterocycles. The van der Waals surface area contributed by atoms with Gasteiger partial charge in [0.05, 0.1) is 0 Å². The highest BCUT2D eigenvalue weighted by atomic mass is 19.4. The van der Waals surface area contributed by atoms with E-state index in [9.17, 15) is 132 Å². The zero-order valence-electron chi connectivity index (χ0n) is 33.1. The Balaban J connectivity index is 1.82. The number of benzene rings is 2. The molecule has 2 aliphatic heterocycles. The molecule has 0 saturated carbocycles. The molecule has 2 saturated heterocycles. The van der Waals surface area contributed by atoms with Crippen molar-refractivity contribution in [3.05, 3.63) is 70.8 Å². The van der Waals surface area contributed by atoms with Gasteiger partial charge in [-0.25, -0.2) is 0 Å². The van der Waals surface area contributed by atoms with Crippen molar-refractivity contribution in [2.45, 2.75) is 127 Å². The molecule has 0 unspecified atom stereocenters. The van der Waals surface area contributed by atoms with Crippen LogP contribution in [-0.2, 0) is 22.1 Å². The molecule has 0 radical (unpaired) electrons. The predicted molar refractivity (Wildman–Crippen MR) is 165 cm³/mol. The maximum Gasteiger partial charge on any atom is 0.460 e. The van der Waals surface area contributed by atoms with Crippen molar-refractivity contribution < 1.29 is 154 Å². The molecule has 2 aromatic rings. The summed E-state index contributed by atoms with van der Waals surface area (Å²) >= 11 is 0. The molecule has 0 aliphatic carbocycles. The maximum absolute atomic E-state index is 15.2. The number of alkyl halides is 34. The molecule has 71 heavy (non-hydrogen) atoms. The predicted octanol–water partition coefficient (Wildman–Crippen LogP) is 14.5. The molecule has 2 aromatic carbocycles. The fourth-order valence-electron chi connectivity index (χ4n) is 7.31. The van der Waals surface area contributed by atoms with Gasteiger partial charge in [-0.05, 0) is 37.3 Å². The summed E-state index contributed by atoms with van der Waals surface area (Å²) in [6, 6.07) is -3.53. The first kappa shape index (κ1) is 59.6. The van der Waals surface area contributed by atoms with Crippen molar-refractivity contribution in [3.63, 3.8) is 0 Å². The Morgan fingerprint density at radius 2 is 0.620 bits per heavy atom. The highest BCUT2D eigenvalue weighted by Gasteiger charge is 2.97. The Labute approximate surface area is 370 Å². The first-order valence-corrected chi connectivity index (χ1v) is 18.1. The van der Waals surface area contributed by atoms with Crippen molar-refractivity contribution >= 4 is 7.05 Å². The van der Waals surface area contributed by atoms with E-state index in [0.717, 1.165) is 6.82 Å². The summed E-state index contributed by atoms with van der Waals surface area (Å²) in [5.74, 6) is -119. The Kier molecular flexibility index (Phi) is 13.7. The van der Waals surface area contributed by atoms with Crippen molar-refractivity contribution in [2.75, 3.05) is 6.54 Å². The first-order chi connectivity index (χ1) is 31.0. The van der Waals surface area contributed by atoms with Gasteiger partial charge in [-0.2, -0.15) is 149 Å². The summed E-state index contributed by atoms with van der Waals surface area (Å²) in [7, 11) is -1.37. The van der Waals surface area contributed by atoms with E-state index >= 15 is 17.6 Å². The number of hydrogen-bond acceptors (Lipinski definition) is 2. The van der Waals surface area contributed by atoms with Crippen LogP contribution in [0.4, 0.5) is 149 Å². The van der Waals surface area contributed by atoms with Crippen LogP contribution in [0.5, 0.6) is 0 Å². The molecule has 2 aliphatic rings. The molecule has 4 rings (SSSR count). The first-order valence-electron chi connectivity index (χ1n) is 18.1.